The minimum Gasteiger partial charge on any atom is -0.345 e. The molecule has 0 bridgehead atoms. The lowest BCUT2D eigenvalue weighted by Crippen LogP contribution is -2.48. The highest BCUT2D eigenvalue weighted by Gasteiger charge is 2.30. The summed E-state index contributed by atoms with van der Waals surface area (Å²) in [6.45, 7) is 4.78. The van der Waals surface area contributed by atoms with Gasteiger partial charge in [-0.1, -0.05) is 30.3 Å². The molecule has 0 spiro atoms. The summed E-state index contributed by atoms with van der Waals surface area (Å²) in [4.78, 5) is 22.1. The standard InChI is InChI=1S/C24H26N4O3S2/c1-18-23(19-6-3-2-4-7-19)25-24(32-18)26-14-16-27(17-15-26)33(30,31)21-11-9-20(10-12-21)28-13-5-8-22(28)29/h2-4,6-7,9-12H,5,8,13-17H2,1H3. The summed E-state index contributed by atoms with van der Waals surface area (Å²) in [5, 5.41) is 0.933. The second kappa shape index (κ2) is 8.89. The zero-order valence-electron chi connectivity index (χ0n) is 18.5. The topological polar surface area (TPSA) is 73.8 Å². The van der Waals surface area contributed by atoms with Crippen molar-refractivity contribution in [3.63, 3.8) is 0 Å². The van der Waals surface area contributed by atoms with Gasteiger partial charge < -0.3 is 9.80 Å². The number of thiazole rings is 1. The molecular formula is C24H26N4O3S2. The highest BCUT2D eigenvalue weighted by Crippen LogP contribution is 2.33. The van der Waals surface area contributed by atoms with Crippen molar-refractivity contribution >= 4 is 38.1 Å². The van der Waals surface area contributed by atoms with Crippen LogP contribution in [0.3, 0.4) is 0 Å². The number of amides is 1. The zero-order valence-corrected chi connectivity index (χ0v) is 20.1. The van der Waals surface area contributed by atoms with E-state index in [1.807, 2.05) is 18.2 Å². The summed E-state index contributed by atoms with van der Waals surface area (Å²) in [7, 11) is -3.58. The van der Waals surface area contributed by atoms with Crippen molar-refractivity contribution in [1.29, 1.82) is 0 Å². The first-order valence-corrected chi connectivity index (χ1v) is 13.4. The third kappa shape index (κ3) is 4.28. The molecule has 0 saturated carbocycles. The van der Waals surface area contributed by atoms with E-state index in [9.17, 15) is 13.2 Å². The van der Waals surface area contributed by atoms with Gasteiger partial charge >= 0.3 is 0 Å². The molecule has 0 unspecified atom stereocenters. The quantitative estimate of drug-likeness (QED) is 0.554. The molecule has 172 valence electrons. The Bertz CT molecular complexity index is 1250. The van der Waals surface area contributed by atoms with Crippen LogP contribution in [-0.2, 0) is 14.8 Å². The molecule has 0 radical (unpaired) electrons. The van der Waals surface area contributed by atoms with Crippen LogP contribution in [0.15, 0.2) is 59.5 Å². The monoisotopic (exact) mass is 482 g/mol. The Morgan fingerprint density at radius 3 is 2.24 bits per heavy atom. The minimum absolute atomic E-state index is 0.0922. The van der Waals surface area contributed by atoms with Gasteiger partial charge in [-0.25, -0.2) is 13.4 Å². The summed E-state index contributed by atoms with van der Waals surface area (Å²) >= 11 is 1.65. The van der Waals surface area contributed by atoms with Crippen LogP contribution in [0, 0.1) is 6.92 Å². The van der Waals surface area contributed by atoms with Gasteiger partial charge in [-0.05, 0) is 37.6 Å². The number of aryl methyl sites for hydroxylation is 1. The van der Waals surface area contributed by atoms with E-state index in [1.54, 1.807) is 40.5 Å². The smallest absolute Gasteiger partial charge is 0.243 e. The van der Waals surface area contributed by atoms with Gasteiger partial charge in [0.15, 0.2) is 5.13 Å². The zero-order chi connectivity index (χ0) is 23.0. The van der Waals surface area contributed by atoms with Gasteiger partial charge in [0.2, 0.25) is 15.9 Å². The molecule has 2 aliphatic heterocycles. The number of nitrogens with zero attached hydrogens (tertiary/aromatic N) is 4. The average molecular weight is 483 g/mol. The molecule has 0 N–H and O–H groups in total. The molecule has 0 atom stereocenters. The minimum atomic E-state index is -3.58. The highest BCUT2D eigenvalue weighted by atomic mass is 32.2. The van der Waals surface area contributed by atoms with E-state index < -0.39 is 10.0 Å². The Balaban J connectivity index is 1.26. The first-order chi connectivity index (χ1) is 15.9. The van der Waals surface area contributed by atoms with Crippen LogP contribution in [0.25, 0.3) is 11.3 Å². The highest BCUT2D eigenvalue weighted by molar-refractivity contribution is 7.89. The molecule has 2 fully saturated rings. The van der Waals surface area contributed by atoms with Gasteiger partial charge in [-0.15, -0.1) is 11.3 Å². The van der Waals surface area contributed by atoms with Crippen LogP contribution in [0.4, 0.5) is 10.8 Å². The van der Waals surface area contributed by atoms with Crippen LogP contribution < -0.4 is 9.80 Å². The van der Waals surface area contributed by atoms with E-state index >= 15 is 0 Å². The molecule has 2 aliphatic rings. The predicted molar refractivity (Wildman–Crippen MR) is 131 cm³/mol. The maximum atomic E-state index is 13.2. The third-order valence-corrected chi connectivity index (χ3v) is 9.15. The molecule has 1 aromatic heterocycles. The van der Waals surface area contributed by atoms with Gasteiger partial charge in [-0.2, -0.15) is 4.31 Å². The van der Waals surface area contributed by atoms with Crippen molar-refractivity contribution in [2.24, 2.45) is 0 Å². The van der Waals surface area contributed by atoms with Gasteiger partial charge in [0.1, 0.15) is 0 Å². The van der Waals surface area contributed by atoms with E-state index in [0.29, 0.717) is 39.1 Å². The van der Waals surface area contributed by atoms with Crippen LogP contribution in [0.2, 0.25) is 0 Å². The molecule has 33 heavy (non-hydrogen) atoms. The fourth-order valence-corrected chi connectivity index (χ4v) is 6.77. The molecule has 7 nitrogen and oxygen atoms in total. The second-order valence-corrected chi connectivity index (χ2v) is 11.4. The van der Waals surface area contributed by atoms with E-state index in [-0.39, 0.29) is 10.8 Å². The largest absolute Gasteiger partial charge is 0.345 e. The Labute approximate surface area is 198 Å². The number of rotatable bonds is 5. The Morgan fingerprint density at radius 2 is 1.61 bits per heavy atom. The van der Waals surface area contributed by atoms with Crippen molar-refractivity contribution in [1.82, 2.24) is 9.29 Å². The van der Waals surface area contributed by atoms with E-state index in [0.717, 1.165) is 33.4 Å². The summed E-state index contributed by atoms with van der Waals surface area (Å²) < 4.78 is 27.9. The van der Waals surface area contributed by atoms with Crippen LogP contribution in [0.1, 0.15) is 17.7 Å². The lowest BCUT2D eigenvalue weighted by atomic mass is 10.1. The molecule has 2 aromatic carbocycles. The van der Waals surface area contributed by atoms with Gasteiger partial charge in [0.25, 0.3) is 0 Å². The van der Waals surface area contributed by atoms with E-state index in [1.165, 1.54) is 4.31 Å². The summed E-state index contributed by atoms with van der Waals surface area (Å²) in [6, 6.07) is 16.8. The summed E-state index contributed by atoms with van der Waals surface area (Å²) in [6.07, 6.45) is 1.39. The van der Waals surface area contributed by atoms with Gasteiger partial charge in [-0.3, -0.25) is 4.79 Å². The SMILES string of the molecule is Cc1sc(N2CCN(S(=O)(=O)c3ccc(N4CCCC4=O)cc3)CC2)nc1-c1ccccc1. The molecule has 1 amide bonds. The van der Waals surface area contributed by atoms with Gasteiger partial charge in [0, 0.05) is 55.3 Å². The number of piperazine rings is 1. The maximum Gasteiger partial charge on any atom is 0.243 e. The van der Waals surface area contributed by atoms with Crippen LogP contribution >= 0.6 is 11.3 Å². The number of carbonyl (C=O) groups is 1. The van der Waals surface area contributed by atoms with Gasteiger partial charge in [0.05, 0.1) is 10.6 Å². The molecule has 0 aliphatic carbocycles. The lowest BCUT2D eigenvalue weighted by Gasteiger charge is -2.33. The normalized spacial score (nSPS) is 17.7. The Hall–Kier alpha value is -2.75. The van der Waals surface area contributed by atoms with Crippen molar-refractivity contribution in [3.8, 4) is 11.3 Å². The molecular weight excluding hydrogens is 456 g/mol. The molecule has 5 rings (SSSR count). The number of sulfonamides is 1. The van der Waals surface area contributed by atoms with Crippen LogP contribution in [-0.4, -0.2) is 56.3 Å². The van der Waals surface area contributed by atoms with E-state index in [2.05, 4.69) is 24.0 Å². The number of aromatic nitrogens is 1. The number of carbonyl (C=O) groups excluding carboxylic acids is 1. The molecule has 9 heteroatoms. The summed E-state index contributed by atoms with van der Waals surface area (Å²) in [5.41, 5.74) is 2.84. The predicted octanol–water partition coefficient (Wildman–Crippen LogP) is 3.76. The van der Waals surface area contributed by atoms with Crippen molar-refractivity contribution < 1.29 is 13.2 Å². The first-order valence-electron chi connectivity index (χ1n) is 11.1. The lowest BCUT2D eigenvalue weighted by molar-refractivity contribution is -0.117. The molecule has 3 aromatic rings. The van der Waals surface area contributed by atoms with Crippen molar-refractivity contribution in [2.75, 3.05) is 42.5 Å². The fourth-order valence-electron chi connectivity index (χ4n) is 4.37. The van der Waals surface area contributed by atoms with Crippen molar-refractivity contribution in [2.45, 2.75) is 24.7 Å². The number of benzene rings is 2. The van der Waals surface area contributed by atoms with Crippen LogP contribution in [0.5, 0.6) is 0 Å². The maximum absolute atomic E-state index is 13.2. The second-order valence-electron chi connectivity index (χ2n) is 8.30. The molecule has 2 saturated heterocycles. The number of hydrogen-bond donors (Lipinski definition) is 0. The summed E-state index contributed by atoms with van der Waals surface area (Å²) in [5.74, 6) is 0.0922. The first kappa shape index (κ1) is 22.1. The number of hydrogen-bond acceptors (Lipinski definition) is 6. The van der Waals surface area contributed by atoms with E-state index in [4.69, 9.17) is 4.98 Å². The molecule has 3 heterocycles. The van der Waals surface area contributed by atoms with Crippen molar-refractivity contribution in [3.05, 3.63) is 59.5 Å². The Morgan fingerprint density at radius 1 is 0.909 bits per heavy atom. The fraction of sp³-hybridized carbons (Fsp3) is 0.333. The Kier molecular flexibility index (Phi) is 5.94. The third-order valence-electron chi connectivity index (χ3n) is 6.20. The number of anilines is 2. The average Bonchev–Trinajstić information content (AvgIpc) is 3.45.